The first-order valence-corrected chi connectivity index (χ1v) is 4.45. The second-order valence-corrected chi connectivity index (χ2v) is 3.57. The third-order valence-corrected chi connectivity index (χ3v) is 2.44. The minimum absolute atomic E-state index is 0.0649. The monoisotopic (exact) mass is 254 g/mol. The molecular weight excluding hydrogens is 252 g/mol. The molecule has 6 heteroatoms. The Morgan fingerprint density at radius 1 is 1.43 bits per heavy atom. The summed E-state index contributed by atoms with van der Waals surface area (Å²) in [7, 11) is 0. The van der Waals surface area contributed by atoms with Crippen LogP contribution in [0.15, 0.2) is 21.6 Å². The lowest BCUT2D eigenvalue weighted by atomic mass is 10.2. The van der Waals surface area contributed by atoms with Crippen molar-refractivity contribution in [2.45, 2.75) is 0 Å². The van der Waals surface area contributed by atoms with E-state index < -0.39 is 4.92 Å². The quantitative estimate of drug-likeness (QED) is 0.535. The minimum Gasteiger partial charge on any atom is -0.267 e. The standard InChI is InChI=1S/C8H3BrN2O3/c9-5-3-6-4(2-8(12)10-6)1-7(5)11(13)14/h1-3H. The zero-order chi connectivity index (χ0) is 10.3. The third kappa shape index (κ3) is 1.33. The zero-order valence-electron chi connectivity index (χ0n) is 6.73. The highest BCUT2D eigenvalue weighted by Gasteiger charge is 2.14. The number of fused-ring (bicyclic) bond motifs is 1. The van der Waals surface area contributed by atoms with E-state index in [1.807, 2.05) is 0 Å². The Kier molecular flexibility index (Phi) is 1.92. The average molecular weight is 255 g/mol. The van der Waals surface area contributed by atoms with E-state index in [-0.39, 0.29) is 11.6 Å². The van der Waals surface area contributed by atoms with Crippen LogP contribution in [0.1, 0.15) is 0 Å². The summed E-state index contributed by atoms with van der Waals surface area (Å²) >= 11 is 3.04. The Labute approximate surface area is 86.0 Å². The summed E-state index contributed by atoms with van der Waals surface area (Å²) in [6.07, 6.45) is 1.27. The maximum Gasteiger partial charge on any atom is 0.284 e. The van der Waals surface area contributed by atoms with Crippen LogP contribution < -0.4 is 10.6 Å². The Bertz CT molecular complexity index is 565. The Hall–Kier alpha value is -1.56. The number of rotatable bonds is 1. The lowest BCUT2D eigenvalue weighted by Crippen LogP contribution is -2.21. The number of nitro groups is 1. The van der Waals surface area contributed by atoms with Gasteiger partial charge in [-0.1, -0.05) is 0 Å². The number of carbonyl (C=O) groups excluding carboxylic acids is 1. The van der Waals surface area contributed by atoms with Gasteiger partial charge in [0.05, 0.1) is 14.8 Å². The third-order valence-electron chi connectivity index (χ3n) is 1.80. The molecule has 1 aromatic rings. The van der Waals surface area contributed by atoms with Gasteiger partial charge in [0.25, 0.3) is 11.6 Å². The van der Waals surface area contributed by atoms with Gasteiger partial charge in [0.15, 0.2) is 0 Å². The molecule has 0 bridgehead atoms. The molecule has 0 spiro atoms. The van der Waals surface area contributed by atoms with Crippen LogP contribution >= 0.6 is 15.9 Å². The number of hydrogen-bond acceptors (Lipinski definition) is 3. The maximum absolute atomic E-state index is 10.9. The average Bonchev–Trinajstić information content (AvgIpc) is 2.42. The Morgan fingerprint density at radius 2 is 2.14 bits per heavy atom. The summed E-state index contributed by atoms with van der Waals surface area (Å²) in [6, 6.07) is 2.79. The lowest BCUT2D eigenvalue weighted by molar-refractivity contribution is -0.385. The van der Waals surface area contributed by atoms with E-state index in [0.717, 1.165) is 0 Å². The van der Waals surface area contributed by atoms with Gasteiger partial charge in [0.2, 0.25) is 0 Å². The largest absolute Gasteiger partial charge is 0.284 e. The van der Waals surface area contributed by atoms with Crippen molar-refractivity contribution in [3.05, 3.63) is 37.3 Å². The van der Waals surface area contributed by atoms with Gasteiger partial charge >= 0.3 is 0 Å². The highest BCUT2D eigenvalue weighted by Crippen LogP contribution is 2.20. The first-order chi connectivity index (χ1) is 6.58. The van der Waals surface area contributed by atoms with Crippen LogP contribution in [0.2, 0.25) is 0 Å². The zero-order valence-corrected chi connectivity index (χ0v) is 8.32. The van der Waals surface area contributed by atoms with E-state index in [4.69, 9.17) is 0 Å². The molecule has 0 saturated heterocycles. The fraction of sp³-hybridized carbons (Fsp3) is 0. The molecule has 14 heavy (non-hydrogen) atoms. The molecule has 0 aliphatic carbocycles. The van der Waals surface area contributed by atoms with Gasteiger partial charge < -0.3 is 0 Å². The molecule has 1 heterocycles. The van der Waals surface area contributed by atoms with Crippen molar-refractivity contribution in [3.63, 3.8) is 0 Å². The van der Waals surface area contributed by atoms with Crippen molar-refractivity contribution < 1.29 is 9.72 Å². The Balaban J connectivity index is 2.81. The molecule has 1 aromatic carbocycles. The van der Waals surface area contributed by atoms with E-state index >= 15 is 0 Å². The summed E-state index contributed by atoms with van der Waals surface area (Å²) in [5.74, 6) is -0.382. The highest BCUT2D eigenvalue weighted by molar-refractivity contribution is 9.10. The van der Waals surface area contributed by atoms with Crippen LogP contribution in [0.3, 0.4) is 0 Å². The van der Waals surface area contributed by atoms with E-state index in [9.17, 15) is 14.9 Å². The first kappa shape index (κ1) is 9.01. The second kappa shape index (κ2) is 2.98. The molecule has 0 fully saturated rings. The number of halogens is 1. The fourth-order valence-corrected chi connectivity index (χ4v) is 1.68. The number of amides is 1. The van der Waals surface area contributed by atoms with Gasteiger partial charge in [-0.15, -0.1) is 0 Å². The molecule has 5 nitrogen and oxygen atoms in total. The van der Waals surface area contributed by atoms with Gasteiger partial charge in [-0.3, -0.25) is 14.9 Å². The van der Waals surface area contributed by atoms with Crippen molar-refractivity contribution >= 4 is 33.6 Å². The molecule has 0 radical (unpaired) electrons. The van der Waals surface area contributed by atoms with Crippen LogP contribution in [0.5, 0.6) is 0 Å². The molecule has 0 aromatic heterocycles. The van der Waals surface area contributed by atoms with Crippen molar-refractivity contribution in [3.8, 4) is 0 Å². The molecule has 0 saturated carbocycles. The van der Waals surface area contributed by atoms with E-state index in [1.165, 1.54) is 18.2 Å². The fourth-order valence-electron chi connectivity index (χ4n) is 1.20. The van der Waals surface area contributed by atoms with Crippen LogP contribution in [0.25, 0.3) is 6.08 Å². The topological polar surface area (TPSA) is 72.6 Å². The van der Waals surface area contributed by atoms with Gasteiger partial charge in [-0.2, -0.15) is 0 Å². The van der Waals surface area contributed by atoms with Crippen LogP contribution in [0.4, 0.5) is 5.69 Å². The van der Waals surface area contributed by atoms with Gasteiger partial charge in [-0.05, 0) is 22.0 Å². The summed E-state index contributed by atoms with van der Waals surface area (Å²) in [6.45, 7) is 0. The second-order valence-electron chi connectivity index (χ2n) is 2.71. The van der Waals surface area contributed by atoms with Crippen molar-refractivity contribution in [2.75, 3.05) is 0 Å². The van der Waals surface area contributed by atoms with Crippen molar-refractivity contribution in [1.29, 1.82) is 0 Å². The molecule has 1 aliphatic heterocycles. The van der Waals surface area contributed by atoms with Gasteiger partial charge in [0, 0.05) is 17.4 Å². The molecule has 0 atom stereocenters. The molecule has 0 N–H and O–H groups in total. The number of nitro benzene ring substituents is 1. The van der Waals surface area contributed by atoms with Gasteiger partial charge in [0.1, 0.15) is 0 Å². The van der Waals surface area contributed by atoms with Crippen LogP contribution in [-0.2, 0) is 4.79 Å². The SMILES string of the molecule is O=C1C=c2cc([N+](=O)[O-])c(Br)cc2=N1. The van der Waals surface area contributed by atoms with E-state index in [1.54, 1.807) is 0 Å². The number of carbonyl (C=O) groups is 1. The maximum atomic E-state index is 10.9. The summed E-state index contributed by atoms with van der Waals surface area (Å²) in [4.78, 5) is 24.6. The van der Waals surface area contributed by atoms with E-state index in [2.05, 4.69) is 20.9 Å². The van der Waals surface area contributed by atoms with Crippen molar-refractivity contribution in [1.82, 2.24) is 0 Å². The molecule has 1 aliphatic rings. The molecule has 0 unspecified atom stereocenters. The van der Waals surface area contributed by atoms with Gasteiger partial charge in [-0.25, -0.2) is 4.99 Å². The van der Waals surface area contributed by atoms with Crippen LogP contribution in [-0.4, -0.2) is 10.8 Å². The van der Waals surface area contributed by atoms with Crippen molar-refractivity contribution in [2.24, 2.45) is 4.99 Å². The lowest BCUT2D eigenvalue weighted by Gasteiger charge is -1.92. The molecule has 2 rings (SSSR count). The number of hydrogen-bond donors (Lipinski definition) is 0. The molecule has 1 amide bonds. The normalized spacial score (nSPS) is 13.1. The smallest absolute Gasteiger partial charge is 0.267 e. The molecule has 70 valence electrons. The highest BCUT2D eigenvalue weighted by atomic mass is 79.9. The number of nitrogens with zero attached hydrogens (tertiary/aromatic N) is 2. The predicted molar refractivity (Wildman–Crippen MR) is 51.0 cm³/mol. The minimum atomic E-state index is -0.513. The summed E-state index contributed by atoms with van der Waals surface area (Å²) in [5.41, 5.74) is -0.0649. The first-order valence-electron chi connectivity index (χ1n) is 3.66. The Morgan fingerprint density at radius 3 is 2.79 bits per heavy atom. The summed E-state index contributed by atoms with van der Waals surface area (Å²) in [5, 5.41) is 11.5. The molecular formula is C8H3BrN2O3. The van der Waals surface area contributed by atoms with Crippen LogP contribution in [0, 0.1) is 10.1 Å². The number of benzene rings is 1. The van der Waals surface area contributed by atoms with E-state index in [0.29, 0.717) is 15.0 Å². The predicted octanol–water partition coefficient (Wildman–Crippen LogP) is 0.298. The summed E-state index contributed by atoms with van der Waals surface area (Å²) < 4.78 is 0.327.